The fourth-order valence-electron chi connectivity index (χ4n) is 4.28. The zero-order valence-corrected chi connectivity index (χ0v) is 24.6. The van der Waals surface area contributed by atoms with Crippen molar-refractivity contribution in [2.24, 2.45) is 5.10 Å². The Morgan fingerprint density at radius 3 is 2.57 bits per heavy atom. The maximum Gasteiger partial charge on any atom is 0.261 e. The number of aromatic nitrogens is 2. The van der Waals surface area contributed by atoms with Gasteiger partial charge in [0.1, 0.15) is 11.6 Å². The molecule has 42 heavy (non-hydrogen) atoms. The lowest BCUT2D eigenvalue weighted by molar-refractivity contribution is 0.122. The van der Waals surface area contributed by atoms with Gasteiger partial charge in [-0.15, -0.1) is 0 Å². The molecule has 3 heterocycles. The predicted octanol–water partition coefficient (Wildman–Crippen LogP) is 3.99. The van der Waals surface area contributed by atoms with Crippen LogP contribution in [0.1, 0.15) is 11.1 Å². The van der Waals surface area contributed by atoms with Crippen LogP contribution < -0.4 is 24.5 Å². The van der Waals surface area contributed by atoms with E-state index in [-0.39, 0.29) is 0 Å². The highest BCUT2D eigenvalue weighted by Crippen LogP contribution is 2.28. The van der Waals surface area contributed by atoms with E-state index in [2.05, 4.69) is 26.5 Å². The van der Waals surface area contributed by atoms with Gasteiger partial charge in [-0.25, -0.2) is 4.98 Å². The molecule has 13 heteroatoms. The van der Waals surface area contributed by atoms with Crippen LogP contribution >= 0.6 is 0 Å². The average molecular weight is 598 g/mol. The van der Waals surface area contributed by atoms with E-state index >= 15 is 0 Å². The van der Waals surface area contributed by atoms with Gasteiger partial charge in [0.2, 0.25) is 0 Å². The van der Waals surface area contributed by atoms with Gasteiger partial charge in [0.05, 0.1) is 46.5 Å². The highest BCUT2D eigenvalue weighted by molar-refractivity contribution is 7.85. The molecule has 0 bridgehead atoms. The van der Waals surface area contributed by atoms with Gasteiger partial charge >= 0.3 is 0 Å². The smallest absolute Gasteiger partial charge is 0.261 e. The molecule has 3 N–H and O–H groups in total. The van der Waals surface area contributed by atoms with Crippen LogP contribution in [-0.4, -0.2) is 82.5 Å². The largest absolute Gasteiger partial charge is 0.493 e. The standard InChI is InChI=1S/C28H31N5O4.CH4O3S/c1-34-25-8-7-20(15-26(25)35-2)9-12-37-22-16-27(31-28(17-22)33-10-13-36-14-11-33)32-30-19-21-18-29-24-6-4-3-5-23(21)24;1-5(2,3)4/h3-8,15-19,29H,9-14H2,1-2H3,(H,31,32);1H3,(H,2,3,4)/b30-19+;. The van der Waals surface area contributed by atoms with Crippen LogP contribution in [0.25, 0.3) is 10.9 Å². The molecule has 1 fully saturated rings. The molecule has 0 spiro atoms. The first-order valence-electron chi connectivity index (χ1n) is 13.2. The number of hydrogen-bond acceptors (Lipinski definition) is 10. The zero-order valence-electron chi connectivity index (χ0n) is 23.7. The fraction of sp³-hybridized carbons (Fsp3) is 0.310. The Hall–Kier alpha value is -4.33. The van der Waals surface area contributed by atoms with Gasteiger partial charge in [-0.05, 0) is 23.8 Å². The number of morpholine rings is 1. The predicted molar refractivity (Wildman–Crippen MR) is 163 cm³/mol. The topological polar surface area (TPSA) is 148 Å². The number of fused-ring (bicyclic) bond motifs is 1. The first kappa shape index (κ1) is 30.6. The number of H-pyrrole nitrogens is 1. The third kappa shape index (κ3) is 9.09. The molecule has 0 aliphatic carbocycles. The lowest BCUT2D eigenvalue weighted by Gasteiger charge is -2.28. The van der Waals surface area contributed by atoms with Crippen molar-refractivity contribution in [2.75, 3.05) is 63.7 Å². The summed E-state index contributed by atoms with van der Waals surface area (Å²) in [7, 11) is -0.399. The number of hydrogen-bond donors (Lipinski definition) is 3. The van der Waals surface area contributed by atoms with E-state index in [9.17, 15) is 8.42 Å². The molecule has 2 aromatic heterocycles. The number of nitrogens with zero attached hydrogens (tertiary/aromatic N) is 3. The van der Waals surface area contributed by atoms with Crippen LogP contribution in [0.5, 0.6) is 17.2 Å². The molecular formula is C29H35N5O7S. The van der Waals surface area contributed by atoms with Crippen molar-refractivity contribution in [3.05, 3.63) is 71.9 Å². The molecule has 0 amide bonds. The minimum Gasteiger partial charge on any atom is -0.493 e. The number of rotatable bonds is 10. The molecule has 0 unspecified atom stereocenters. The molecular weight excluding hydrogens is 562 g/mol. The van der Waals surface area contributed by atoms with Crippen LogP contribution in [0.15, 0.2) is 65.9 Å². The van der Waals surface area contributed by atoms with Crippen LogP contribution in [0.3, 0.4) is 0 Å². The van der Waals surface area contributed by atoms with Crippen LogP contribution in [0, 0.1) is 0 Å². The normalized spacial score (nSPS) is 13.5. The van der Waals surface area contributed by atoms with Gasteiger partial charge in [-0.1, -0.05) is 24.3 Å². The van der Waals surface area contributed by atoms with E-state index in [0.29, 0.717) is 43.4 Å². The molecule has 12 nitrogen and oxygen atoms in total. The summed E-state index contributed by atoms with van der Waals surface area (Å²) >= 11 is 0. The maximum atomic E-state index is 9.19. The van der Waals surface area contributed by atoms with E-state index in [4.69, 9.17) is 28.5 Å². The molecule has 1 saturated heterocycles. The number of hydrazone groups is 1. The summed E-state index contributed by atoms with van der Waals surface area (Å²) in [4.78, 5) is 10.2. The van der Waals surface area contributed by atoms with Gasteiger partial charge in [0.15, 0.2) is 17.3 Å². The van der Waals surface area contributed by atoms with Gasteiger partial charge < -0.3 is 28.8 Å². The highest BCUT2D eigenvalue weighted by atomic mass is 32.2. The van der Waals surface area contributed by atoms with E-state index in [0.717, 1.165) is 53.1 Å². The number of benzene rings is 2. The van der Waals surface area contributed by atoms with E-state index in [1.54, 1.807) is 20.4 Å². The number of anilines is 2. The number of ether oxygens (including phenoxy) is 4. The number of nitrogens with one attached hydrogen (secondary N) is 2. The second-order valence-corrected chi connectivity index (χ2v) is 10.8. The minimum absolute atomic E-state index is 0.500. The maximum absolute atomic E-state index is 9.19. The second-order valence-electron chi connectivity index (χ2n) is 9.33. The molecule has 224 valence electrons. The fourth-order valence-corrected chi connectivity index (χ4v) is 4.28. The van der Waals surface area contributed by atoms with Crippen molar-refractivity contribution < 1.29 is 31.9 Å². The van der Waals surface area contributed by atoms with E-state index in [1.165, 1.54) is 0 Å². The van der Waals surface area contributed by atoms with Crippen molar-refractivity contribution in [1.82, 2.24) is 9.97 Å². The van der Waals surface area contributed by atoms with Crippen molar-refractivity contribution in [1.29, 1.82) is 0 Å². The lowest BCUT2D eigenvalue weighted by atomic mass is 10.1. The second kappa shape index (κ2) is 14.5. The summed E-state index contributed by atoms with van der Waals surface area (Å²) in [5.74, 6) is 3.58. The monoisotopic (exact) mass is 597 g/mol. The third-order valence-electron chi connectivity index (χ3n) is 6.23. The molecule has 0 atom stereocenters. The Morgan fingerprint density at radius 2 is 1.83 bits per heavy atom. The Bertz CT molecular complexity index is 1590. The molecule has 1 aliphatic rings. The molecule has 5 rings (SSSR count). The van der Waals surface area contributed by atoms with Gasteiger partial charge in [0, 0.05) is 54.3 Å². The SMILES string of the molecule is COc1ccc(CCOc2cc(N/N=C/c3c[nH]c4ccccc34)nc(N3CCOCC3)c2)cc1OC.CS(=O)(=O)O. The van der Waals surface area contributed by atoms with Crippen molar-refractivity contribution in [3.63, 3.8) is 0 Å². The number of para-hydroxylation sites is 1. The van der Waals surface area contributed by atoms with Crippen molar-refractivity contribution in [3.8, 4) is 17.2 Å². The summed E-state index contributed by atoms with van der Waals surface area (Å²) in [6, 6.07) is 17.9. The third-order valence-corrected chi connectivity index (χ3v) is 6.23. The molecule has 1 aliphatic heterocycles. The molecule has 0 radical (unpaired) electrons. The highest BCUT2D eigenvalue weighted by Gasteiger charge is 2.15. The zero-order chi connectivity index (χ0) is 30.0. The molecule has 2 aromatic carbocycles. The summed E-state index contributed by atoms with van der Waals surface area (Å²) in [6.45, 7) is 3.40. The summed E-state index contributed by atoms with van der Waals surface area (Å²) in [6.07, 6.45) is 5.17. The quantitative estimate of drug-likeness (QED) is 0.139. The Kier molecular flexibility index (Phi) is 10.6. The van der Waals surface area contributed by atoms with Crippen LogP contribution in [0.2, 0.25) is 0 Å². The Balaban J connectivity index is 0.000000748. The number of aromatic amines is 1. The van der Waals surface area contributed by atoms with E-state index < -0.39 is 10.1 Å². The van der Waals surface area contributed by atoms with Gasteiger partial charge in [-0.2, -0.15) is 13.5 Å². The molecule has 4 aromatic rings. The number of methoxy groups -OCH3 is 2. The minimum atomic E-state index is -3.67. The summed E-state index contributed by atoms with van der Waals surface area (Å²) < 4.78 is 48.3. The molecule has 0 saturated carbocycles. The van der Waals surface area contributed by atoms with Gasteiger partial charge in [0.25, 0.3) is 10.1 Å². The van der Waals surface area contributed by atoms with Gasteiger partial charge in [-0.3, -0.25) is 9.98 Å². The average Bonchev–Trinajstić information content (AvgIpc) is 3.39. The van der Waals surface area contributed by atoms with Crippen LogP contribution in [-0.2, 0) is 21.3 Å². The summed E-state index contributed by atoms with van der Waals surface area (Å²) in [5, 5.41) is 5.56. The first-order valence-corrected chi connectivity index (χ1v) is 15.0. The van der Waals surface area contributed by atoms with Crippen molar-refractivity contribution >= 4 is 38.9 Å². The Morgan fingerprint density at radius 1 is 1.10 bits per heavy atom. The van der Waals surface area contributed by atoms with E-state index in [1.807, 2.05) is 54.7 Å². The van der Waals surface area contributed by atoms with Crippen LogP contribution in [0.4, 0.5) is 11.6 Å². The first-order chi connectivity index (χ1) is 20.2. The Labute approximate surface area is 245 Å². The van der Waals surface area contributed by atoms with Crippen molar-refractivity contribution in [2.45, 2.75) is 6.42 Å². The summed E-state index contributed by atoms with van der Waals surface area (Å²) in [5.41, 5.74) is 6.25. The lowest BCUT2D eigenvalue weighted by Crippen LogP contribution is -2.36. The number of pyridine rings is 1.